The van der Waals surface area contributed by atoms with Crippen LogP contribution in [0, 0.1) is 0 Å². The second-order valence-corrected chi connectivity index (χ2v) is 12.8. The highest BCUT2D eigenvalue weighted by Crippen LogP contribution is 2.38. The van der Waals surface area contributed by atoms with Crippen LogP contribution in [0.2, 0.25) is 5.02 Å². The van der Waals surface area contributed by atoms with Crippen molar-refractivity contribution >= 4 is 33.0 Å². The number of ether oxygens (including phenoxy) is 2. The maximum Gasteiger partial charge on any atom is 0.214 e. The number of rotatable bonds is 11. The van der Waals surface area contributed by atoms with Gasteiger partial charge in [-0.1, -0.05) is 11.6 Å². The average Bonchev–Trinajstić information content (AvgIpc) is 3.67. The number of hydrogen-bond donors (Lipinski definition) is 1. The van der Waals surface area contributed by atoms with Gasteiger partial charge in [0.05, 0.1) is 29.7 Å². The summed E-state index contributed by atoms with van der Waals surface area (Å²) in [6.07, 6.45) is 8.02. The Balaban J connectivity index is 1.32. The molecular weight excluding hydrogens is 526 g/mol. The fourth-order valence-electron chi connectivity index (χ4n) is 4.83. The van der Waals surface area contributed by atoms with Crippen molar-refractivity contribution in [3.05, 3.63) is 41.7 Å². The predicted molar refractivity (Wildman–Crippen MR) is 151 cm³/mol. The average molecular weight is 562 g/mol. The molecule has 0 atom stereocenters. The van der Waals surface area contributed by atoms with Crippen molar-refractivity contribution in [1.82, 2.24) is 19.0 Å². The highest BCUT2D eigenvalue weighted by Gasteiger charge is 2.37. The lowest BCUT2D eigenvalue weighted by atomic mass is 10.1. The van der Waals surface area contributed by atoms with Gasteiger partial charge in [0.1, 0.15) is 17.1 Å². The molecular formula is C27H36ClN5O4S. The molecule has 2 aliphatic rings. The lowest BCUT2D eigenvalue weighted by Crippen LogP contribution is -2.45. The monoisotopic (exact) mass is 561 g/mol. The third-order valence-electron chi connectivity index (χ3n) is 7.14. The number of nitrogens with one attached hydrogen (secondary N) is 1. The smallest absolute Gasteiger partial charge is 0.214 e. The van der Waals surface area contributed by atoms with Gasteiger partial charge in [0.2, 0.25) is 10.0 Å². The zero-order chi connectivity index (χ0) is 26.9. The van der Waals surface area contributed by atoms with Gasteiger partial charge in [-0.05, 0) is 58.3 Å². The quantitative estimate of drug-likeness (QED) is 0.353. The lowest BCUT2D eigenvalue weighted by molar-refractivity contribution is 0.281. The molecule has 9 nitrogen and oxygen atoms in total. The second-order valence-electron chi connectivity index (χ2n) is 10.4. The van der Waals surface area contributed by atoms with Gasteiger partial charge in [0.15, 0.2) is 0 Å². The van der Waals surface area contributed by atoms with Crippen molar-refractivity contribution in [2.45, 2.75) is 43.4 Å². The molecule has 38 heavy (non-hydrogen) atoms. The Morgan fingerprint density at radius 1 is 1.13 bits per heavy atom. The van der Waals surface area contributed by atoms with Crippen molar-refractivity contribution in [3.8, 4) is 22.8 Å². The fraction of sp³-hybridized carbons (Fsp3) is 0.519. The Kier molecular flexibility index (Phi) is 8.04. The van der Waals surface area contributed by atoms with Crippen LogP contribution in [0.5, 0.6) is 11.5 Å². The van der Waals surface area contributed by atoms with Gasteiger partial charge in [-0.2, -0.15) is 0 Å². The maximum atomic E-state index is 12.3. The van der Waals surface area contributed by atoms with Gasteiger partial charge in [0.25, 0.3) is 0 Å². The van der Waals surface area contributed by atoms with E-state index in [1.54, 1.807) is 7.11 Å². The number of fused-ring (bicyclic) bond motifs is 1. The first-order valence-corrected chi connectivity index (χ1v) is 15.1. The minimum Gasteiger partial charge on any atom is -0.495 e. The highest BCUT2D eigenvalue weighted by atomic mass is 35.5. The SMILES string of the molecule is COc1cc(OCCCN(C)C)c(-c2cn3ccc(N4CCC(NS(=O)(=O)C5CC5)CC4)cc3n2)cc1Cl. The number of sulfonamides is 1. The van der Waals surface area contributed by atoms with E-state index in [0.717, 1.165) is 74.3 Å². The number of aromatic nitrogens is 2. The van der Waals surface area contributed by atoms with Crippen molar-refractivity contribution in [2.75, 3.05) is 52.3 Å². The highest BCUT2D eigenvalue weighted by molar-refractivity contribution is 7.90. The number of pyridine rings is 1. The minimum absolute atomic E-state index is 0.00887. The molecule has 1 aromatic carbocycles. The van der Waals surface area contributed by atoms with E-state index in [0.29, 0.717) is 23.1 Å². The van der Waals surface area contributed by atoms with Gasteiger partial charge in [-0.3, -0.25) is 0 Å². The summed E-state index contributed by atoms with van der Waals surface area (Å²) >= 11 is 6.48. The van der Waals surface area contributed by atoms with Crippen LogP contribution < -0.4 is 19.1 Å². The molecule has 0 amide bonds. The number of imidazole rings is 1. The predicted octanol–water partition coefficient (Wildman–Crippen LogP) is 4.04. The third-order valence-corrected chi connectivity index (χ3v) is 9.44. The van der Waals surface area contributed by atoms with Crippen molar-refractivity contribution < 1.29 is 17.9 Å². The molecule has 1 N–H and O–H groups in total. The zero-order valence-electron chi connectivity index (χ0n) is 22.2. The summed E-state index contributed by atoms with van der Waals surface area (Å²) in [6, 6.07) is 7.82. The Hall–Kier alpha value is -2.53. The van der Waals surface area contributed by atoms with E-state index in [9.17, 15) is 8.42 Å². The van der Waals surface area contributed by atoms with Crippen LogP contribution in [-0.4, -0.2) is 81.4 Å². The van der Waals surface area contributed by atoms with Crippen LogP contribution in [0.4, 0.5) is 5.69 Å². The molecule has 1 aliphatic carbocycles. The van der Waals surface area contributed by atoms with E-state index >= 15 is 0 Å². The standard InChI is InChI=1S/C27H36ClN5O4S/c1-31(2)10-4-14-37-25-17-26(36-3)23(28)16-22(25)24-18-33-13-9-20(15-27(33)29-24)32-11-7-19(8-12-32)30-38(34,35)21-5-6-21/h9,13,15-19,21,30H,4-8,10-12,14H2,1-3H3. The number of hydrogen-bond acceptors (Lipinski definition) is 7. The van der Waals surface area contributed by atoms with Crippen LogP contribution in [0.15, 0.2) is 36.7 Å². The molecule has 2 fully saturated rings. The fourth-order valence-corrected chi connectivity index (χ4v) is 6.72. The van der Waals surface area contributed by atoms with E-state index in [4.69, 9.17) is 26.1 Å². The number of benzene rings is 1. The number of anilines is 1. The lowest BCUT2D eigenvalue weighted by Gasteiger charge is -2.33. The van der Waals surface area contributed by atoms with Gasteiger partial charge in [-0.15, -0.1) is 0 Å². The summed E-state index contributed by atoms with van der Waals surface area (Å²) in [5.41, 5.74) is 3.47. The number of piperidine rings is 1. The van der Waals surface area contributed by atoms with E-state index in [1.807, 2.05) is 43.0 Å². The minimum atomic E-state index is -3.16. The third kappa shape index (κ3) is 6.20. The van der Waals surface area contributed by atoms with E-state index < -0.39 is 10.0 Å². The summed E-state index contributed by atoms with van der Waals surface area (Å²) < 4.78 is 41.1. The summed E-state index contributed by atoms with van der Waals surface area (Å²) in [5.74, 6) is 1.25. The van der Waals surface area contributed by atoms with Crippen LogP contribution in [0.1, 0.15) is 32.1 Å². The molecule has 0 radical (unpaired) electrons. The van der Waals surface area contributed by atoms with Crippen LogP contribution in [-0.2, 0) is 10.0 Å². The molecule has 1 saturated carbocycles. The van der Waals surface area contributed by atoms with E-state index in [1.165, 1.54) is 0 Å². The maximum absolute atomic E-state index is 12.3. The van der Waals surface area contributed by atoms with Gasteiger partial charge in [0, 0.05) is 61.5 Å². The first-order chi connectivity index (χ1) is 18.2. The normalized spacial score (nSPS) is 16.9. The molecule has 0 bridgehead atoms. The molecule has 2 aromatic heterocycles. The first-order valence-electron chi connectivity index (χ1n) is 13.1. The number of methoxy groups -OCH3 is 1. The summed E-state index contributed by atoms with van der Waals surface area (Å²) in [4.78, 5) is 9.32. The molecule has 0 unspecified atom stereocenters. The summed E-state index contributed by atoms with van der Waals surface area (Å²) in [5, 5.41) is 0.322. The van der Waals surface area contributed by atoms with E-state index in [2.05, 4.69) is 26.7 Å². The Morgan fingerprint density at radius 2 is 1.89 bits per heavy atom. The number of nitrogens with zero attached hydrogens (tertiary/aromatic N) is 4. The van der Waals surface area contributed by atoms with Gasteiger partial charge >= 0.3 is 0 Å². The first kappa shape index (κ1) is 27.1. The van der Waals surface area contributed by atoms with E-state index in [-0.39, 0.29) is 11.3 Å². The Morgan fingerprint density at radius 3 is 2.58 bits per heavy atom. The molecule has 11 heteroatoms. The van der Waals surface area contributed by atoms with Gasteiger partial charge in [-0.25, -0.2) is 18.1 Å². The van der Waals surface area contributed by atoms with Crippen molar-refractivity contribution in [3.63, 3.8) is 0 Å². The molecule has 1 aliphatic heterocycles. The largest absolute Gasteiger partial charge is 0.495 e. The molecule has 3 heterocycles. The van der Waals surface area contributed by atoms with Crippen molar-refractivity contribution in [1.29, 1.82) is 0 Å². The summed E-state index contributed by atoms with van der Waals surface area (Å²) in [7, 11) is 2.52. The summed E-state index contributed by atoms with van der Waals surface area (Å²) in [6.45, 7) is 3.09. The Labute approximate surface area is 229 Å². The zero-order valence-corrected chi connectivity index (χ0v) is 23.8. The second kappa shape index (κ2) is 11.3. The number of halogens is 1. The molecule has 3 aromatic rings. The van der Waals surface area contributed by atoms with Crippen molar-refractivity contribution in [2.24, 2.45) is 0 Å². The Bertz CT molecular complexity index is 1380. The van der Waals surface area contributed by atoms with Crippen LogP contribution >= 0.6 is 11.6 Å². The van der Waals surface area contributed by atoms with Crippen LogP contribution in [0.3, 0.4) is 0 Å². The topological polar surface area (TPSA) is 88.4 Å². The molecule has 5 rings (SSSR count). The molecule has 1 saturated heterocycles. The van der Waals surface area contributed by atoms with Crippen LogP contribution in [0.25, 0.3) is 16.9 Å². The van der Waals surface area contributed by atoms with Gasteiger partial charge < -0.3 is 23.7 Å². The molecule has 0 spiro atoms. The molecule has 206 valence electrons.